The average Bonchev–Trinajstić information content (AvgIpc) is 3.03. The van der Waals surface area contributed by atoms with E-state index in [-0.39, 0.29) is 17.6 Å². The zero-order chi connectivity index (χ0) is 15.5. The molecule has 21 heavy (non-hydrogen) atoms. The van der Waals surface area contributed by atoms with E-state index < -0.39 is 10.0 Å². The molecule has 7 nitrogen and oxygen atoms in total. The van der Waals surface area contributed by atoms with Crippen molar-refractivity contribution in [1.82, 2.24) is 25.2 Å². The molecule has 0 aliphatic rings. The Kier molecular flexibility index (Phi) is 5.09. The van der Waals surface area contributed by atoms with E-state index in [4.69, 9.17) is 0 Å². The summed E-state index contributed by atoms with van der Waals surface area (Å²) in [5.74, 6) is 0. The fraction of sp³-hybridized carbons (Fsp3) is 0.500. The van der Waals surface area contributed by atoms with Crippen molar-refractivity contribution in [2.24, 2.45) is 0 Å². The van der Waals surface area contributed by atoms with E-state index in [1.807, 2.05) is 20.8 Å². The molecule has 0 bridgehead atoms. The van der Waals surface area contributed by atoms with Crippen LogP contribution in [-0.2, 0) is 23.1 Å². The number of nitrogens with one attached hydrogen (secondary N) is 3. The second-order valence-corrected chi connectivity index (χ2v) is 7.61. The molecule has 2 aromatic heterocycles. The Morgan fingerprint density at radius 2 is 2.14 bits per heavy atom. The first-order valence-corrected chi connectivity index (χ1v) is 8.90. The Balaban J connectivity index is 2.15. The molecule has 9 heteroatoms. The maximum absolute atomic E-state index is 12.4. The van der Waals surface area contributed by atoms with Crippen molar-refractivity contribution in [3.8, 4) is 0 Å². The van der Waals surface area contributed by atoms with Gasteiger partial charge in [-0.15, -0.1) is 11.3 Å². The van der Waals surface area contributed by atoms with Crippen LogP contribution in [0.3, 0.4) is 0 Å². The predicted octanol–water partition coefficient (Wildman–Crippen LogP) is 1.15. The highest BCUT2D eigenvalue weighted by atomic mass is 32.2. The summed E-state index contributed by atoms with van der Waals surface area (Å²) in [6.07, 6.45) is 1.64. The molecule has 0 atom stereocenters. The Bertz CT molecular complexity index is 677. The van der Waals surface area contributed by atoms with Gasteiger partial charge in [-0.05, 0) is 6.92 Å². The standard InChI is InChI=1S/C12H19N5O2S2/c1-8(2)14-6-11-9(3)16-17-12(11)21(18,19)15-5-10-4-13-7-20-10/h4,7-8,14-15H,5-6H2,1-3H3,(H,16,17). The number of nitrogens with zero attached hydrogens (tertiary/aromatic N) is 2. The summed E-state index contributed by atoms with van der Waals surface area (Å²) in [5.41, 5.74) is 3.09. The Morgan fingerprint density at radius 1 is 1.38 bits per heavy atom. The third-order valence-corrected chi connectivity index (χ3v) is 5.05. The van der Waals surface area contributed by atoms with Gasteiger partial charge in [0.1, 0.15) is 0 Å². The molecule has 0 radical (unpaired) electrons. The van der Waals surface area contributed by atoms with E-state index in [2.05, 4.69) is 25.2 Å². The highest BCUT2D eigenvalue weighted by molar-refractivity contribution is 7.89. The molecule has 0 aliphatic heterocycles. The molecule has 0 unspecified atom stereocenters. The number of H-pyrrole nitrogens is 1. The molecule has 0 aliphatic carbocycles. The summed E-state index contributed by atoms with van der Waals surface area (Å²) in [4.78, 5) is 4.77. The highest BCUT2D eigenvalue weighted by Gasteiger charge is 2.23. The molecular weight excluding hydrogens is 310 g/mol. The molecule has 0 saturated heterocycles. The largest absolute Gasteiger partial charge is 0.310 e. The summed E-state index contributed by atoms with van der Waals surface area (Å²) in [7, 11) is -3.65. The van der Waals surface area contributed by atoms with Crippen molar-refractivity contribution in [1.29, 1.82) is 0 Å². The molecular formula is C12H19N5O2S2. The van der Waals surface area contributed by atoms with Gasteiger partial charge >= 0.3 is 0 Å². The summed E-state index contributed by atoms with van der Waals surface area (Å²) in [6.45, 7) is 6.50. The van der Waals surface area contributed by atoms with Gasteiger partial charge in [0.25, 0.3) is 10.0 Å². The van der Waals surface area contributed by atoms with E-state index in [9.17, 15) is 8.42 Å². The molecule has 0 aromatic carbocycles. The van der Waals surface area contributed by atoms with Crippen LogP contribution >= 0.6 is 11.3 Å². The van der Waals surface area contributed by atoms with Crippen LogP contribution in [0.4, 0.5) is 0 Å². The van der Waals surface area contributed by atoms with Gasteiger partial charge in [-0.25, -0.2) is 13.1 Å². The monoisotopic (exact) mass is 329 g/mol. The van der Waals surface area contributed by atoms with Gasteiger partial charge in [-0.2, -0.15) is 5.10 Å². The lowest BCUT2D eigenvalue weighted by Crippen LogP contribution is -2.27. The minimum Gasteiger partial charge on any atom is -0.310 e. The zero-order valence-corrected chi connectivity index (χ0v) is 13.8. The van der Waals surface area contributed by atoms with E-state index in [1.165, 1.54) is 11.3 Å². The molecule has 0 saturated carbocycles. The molecule has 2 heterocycles. The van der Waals surface area contributed by atoms with Gasteiger partial charge in [0, 0.05) is 41.5 Å². The van der Waals surface area contributed by atoms with Crippen molar-refractivity contribution in [2.75, 3.05) is 0 Å². The van der Waals surface area contributed by atoms with Crippen LogP contribution < -0.4 is 10.0 Å². The zero-order valence-electron chi connectivity index (χ0n) is 12.2. The molecule has 3 N–H and O–H groups in total. The average molecular weight is 329 g/mol. The van der Waals surface area contributed by atoms with Crippen LogP contribution in [0.15, 0.2) is 16.7 Å². The Hall–Kier alpha value is -1.29. The topological polar surface area (TPSA) is 99.8 Å². The van der Waals surface area contributed by atoms with Gasteiger partial charge in [0.05, 0.1) is 5.51 Å². The van der Waals surface area contributed by atoms with Gasteiger partial charge in [-0.1, -0.05) is 13.8 Å². The summed E-state index contributed by atoms with van der Waals surface area (Å²) in [5, 5.41) is 9.94. The molecule has 2 rings (SSSR count). The van der Waals surface area contributed by atoms with Crippen molar-refractivity contribution in [2.45, 2.75) is 44.9 Å². The predicted molar refractivity (Wildman–Crippen MR) is 81.4 cm³/mol. The van der Waals surface area contributed by atoms with Crippen LogP contribution in [0.1, 0.15) is 30.0 Å². The minimum absolute atomic E-state index is 0.0534. The summed E-state index contributed by atoms with van der Waals surface area (Å²) >= 11 is 1.40. The first kappa shape index (κ1) is 16.1. The van der Waals surface area contributed by atoms with Gasteiger partial charge < -0.3 is 5.32 Å². The van der Waals surface area contributed by atoms with Gasteiger partial charge in [0.2, 0.25) is 0 Å². The quantitative estimate of drug-likeness (QED) is 0.707. The van der Waals surface area contributed by atoms with Crippen molar-refractivity contribution < 1.29 is 8.42 Å². The lowest BCUT2D eigenvalue weighted by Gasteiger charge is -2.10. The van der Waals surface area contributed by atoms with Gasteiger partial charge in [-0.3, -0.25) is 10.1 Å². The normalized spacial score (nSPS) is 12.2. The summed E-state index contributed by atoms with van der Waals surface area (Å²) < 4.78 is 27.3. The van der Waals surface area contributed by atoms with Crippen LogP contribution in [-0.4, -0.2) is 29.6 Å². The fourth-order valence-electron chi connectivity index (χ4n) is 1.73. The number of sulfonamides is 1. The van der Waals surface area contributed by atoms with Crippen LogP contribution in [0.25, 0.3) is 0 Å². The first-order chi connectivity index (χ1) is 9.90. The molecule has 2 aromatic rings. The maximum atomic E-state index is 12.4. The third kappa shape index (κ3) is 4.10. The SMILES string of the molecule is Cc1[nH]nc(S(=O)(=O)NCc2cncs2)c1CNC(C)C. The van der Waals surface area contributed by atoms with E-state index in [0.29, 0.717) is 12.1 Å². The van der Waals surface area contributed by atoms with Crippen LogP contribution in [0.5, 0.6) is 0 Å². The Morgan fingerprint density at radius 3 is 2.76 bits per heavy atom. The van der Waals surface area contributed by atoms with Crippen molar-refractivity contribution in [3.63, 3.8) is 0 Å². The first-order valence-electron chi connectivity index (χ1n) is 6.54. The number of hydrogen-bond donors (Lipinski definition) is 3. The molecule has 0 amide bonds. The van der Waals surface area contributed by atoms with Crippen LogP contribution in [0, 0.1) is 6.92 Å². The van der Waals surface area contributed by atoms with E-state index in [1.54, 1.807) is 11.7 Å². The van der Waals surface area contributed by atoms with Crippen molar-refractivity contribution >= 4 is 21.4 Å². The number of rotatable bonds is 7. The smallest absolute Gasteiger partial charge is 0.260 e. The van der Waals surface area contributed by atoms with Crippen LogP contribution in [0.2, 0.25) is 0 Å². The fourth-order valence-corrected chi connectivity index (χ4v) is 3.55. The lowest BCUT2D eigenvalue weighted by atomic mass is 10.2. The highest BCUT2D eigenvalue weighted by Crippen LogP contribution is 2.17. The number of aromatic nitrogens is 3. The number of thiazole rings is 1. The second-order valence-electron chi connectivity index (χ2n) is 4.96. The molecule has 116 valence electrons. The van der Waals surface area contributed by atoms with E-state index in [0.717, 1.165) is 10.6 Å². The lowest BCUT2D eigenvalue weighted by molar-refractivity contribution is 0.564. The van der Waals surface area contributed by atoms with Crippen molar-refractivity contribution in [3.05, 3.63) is 27.8 Å². The number of aryl methyl sites for hydroxylation is 1. The summed E-state index contributed by atoms with van der Waals surface area (Å²) in [6, 6.07) is 0.264. The number of aromatic amines is 1. The number of hydrogen-bond acceptors (Lipinski definition) is 6. The molecule has 0 spiro atoms. The van der Waals surface area contributed by atoms with Gasteiger partial charge in [0.15, 0.2) is 5.03 Å². The second kappa shape index (κ2) is 6.65. The third-order valence-electron chi connectivity index (χ3n) is 2.90. The van der Waals surface area contributed by atoms with E-state index >= 15 is 0 Å². The minimum atomic E-state index is -3.65. The Labute approximate surface area is 128 Å². The maximum Gasteiger partial charge on any atom is 0.260 e. The molecule has 0 fully saturated rings.